The van der Waals surface area contributed by atoms with Crippen molar-refractivity contribution in [3.8, 4) is 0 Å². The van der Waals surface area contributed by atoms with Crippen LogP contribution >= 0.6 is 0 Å². The molecular formula is C13H15NO. The van der Waals surface area contributed by atoms with E-state index >= 15 is 0 Å². The molecule has 1 aromatic carbocycles. The quantitative estimate of drug-likeness (QED) is 0.786. The Morgan fingerprint density at radius 1 is 1.20 bits per heavy atom. The molecule has 1 heterocycles. The fraction of sp³-hybridized carbons (Fsp3) is 0.231. The van der Waals surface area contributed by atoms with E-state index < -0.39 is 0 Å². The monoisotopic (exact) mass is 201 g/mol. The summed E-state index contributed by atoms with van der Waals surface area (Å²) >= 11 is 0. The molecule has 0 aliphatic rings. The third-order valence-corrected chi connectivity index (χ3v) is 2.66. The van der Waals surface area contributed by atoms with E-state index in [1.807, 2.05) is 18.3 Å². The molecule has 0 saturated heterocycles. The number of rotatable bonds is 3. The van der Waals surface area contributed by atoms with Crippen molar-refractivity contribution in [1.29, 1.82) is 0 Å². The maximum atomic E-state index is 9.40. The number of aliphatic hydroxyl groups excluding tert-OH is 1. The molecule has 0 aliphatic heterocycles. The van der Waals surface area contributed by atoms with E-state index in [4.69, 9.17) is 0 Å². The molecule has 2 N–H and O–H groups in total. The summed E-state index contributed by atoms with van der Waals surface area (Å²) in [7, 11) is 0. The van der Waals surface area contributed by atoms with Crippen molar-refractivity contribution in [1.82, 2.24) is 4.98 Å². The summed E-state index contributed by atoms with van der Waals surface area (Å²) in [5.74, 6) is 0.0561. The van der Waals surface area contributed by atoms with Crippen LogP contribution in [0.15, 0.2) is 42.6 Å². The second-order valence-electron chi connectivity index (χ2n) is 3.77. The highest BCUT2D eigenvalue weighted by molar-refractivity contribution is 5.31. The third-order valence-electron chi connectivity index (χ3n) is 2.66. The number of aliphatic hydroxyl groups is 1. The molecule has 2 nitrogen and oxygen atoms in total. The lowest BCUT2D eigenvalue weighted by molar-refractivity contribution is 0.279. The zero-order valence-corrected chi connectivity index (χ0v) is 8.77. The summed E-state index contributed by atoms with van der Waals surface area (Å²) in [5.41, 5.74) is 3.44. The smallest absolute Gasteiger partial charge is 0.0554 e. The van der Waals surface area contributed by atoms with Gasteiger partial charge >= 0.3 is 0 Å². The molecule has 2 heteroatoms. The predicted octanol–water partition coefficient (Wildman–Crippen LogP) is 2.45. The Balaban J connectivity index is 2.31. The number of hydrogen-bond acceptors (Lipinski definition) is 1. The number of nitrogens with one attached hydrogen (secondary N) is 1. The van der Waals surface area contributed by atoms with E-state index in [-0.39, 0.29) is 12.5 Å². The van der Waals surface area contributed by atoms with Gasteiger partial charge in [0.25, 0.3) is 0 Å². The van der Waals surface area contributed by atoms with E-state index in [0.29, 0.717) is 0 Å². The number of aromatic amines is 1. The van der Waals surface area contributed by atoms with Gasteiger partial charge in [-0.25, -0.2) is 0 Å². The van der Waals surface area contributed by atoms with Crippen LogP contribution in [-0.4, -0.2) is 16.7 Å². The van der Waals surface area contributed by atoms with Crippen molar-refractivity contribution in [2.45, 2.75) is 12.8 Å². The summed E-state index contributed by atoms with van der Waals surface area (Å²) < 4.78 is 0. The summed E-state index contributed by atoms with van der Waals surface area (Å²) in [5, 5.41) is 9.40. The molecule has 2 rings (SSSR count). The van der Waals surface area contributed by atoms with Crippen LogP contribution in [0.3, 0.4) is 0 Å². The Morgan fingerprint density at radius 3 is 2.47 bits per heavy atom. The molecule has 0 fully saturated rings. The minimum Gasteiger partial charge on any atom is -0.395 e. The number of aromatic nitrogens is 1. The van der Waals surface area contributed by atoms with Crippen molar-refractivity contribution in [2.24, 2.45) is 0 Å². The van der Waals surface area contributed by atoms with Crippen molar-refractivity contribution in [3.05, 3.63) is 59.4 Å². The first-order chi connectivity index (χ1) is 7.31. The van der Waals surface area contributed by atoms with E-state index in [9.17, 15) is 5.11 Å². The fourth-order valence-corrected chi connectivity index (χ4v) is 1.74. The Kier molecular flexibility index (Phi) is 2.88. The van der Waals surface area contributed by atoms with Crippen LogP contribution in [0.5, 0.6) is 0 Å². The predicted molar refractivity (Wildman–Crippen MR) is 60.9 cm³/mol. The number of H-pyrrole nitrogens is 1. The van der Waals surface area contributed by atoms with E-state index in [1.54, 1.807) is 0 Å². The molecule has 0 aliphatic carbocycles. The zero-order valence-electron chi connectivity index (χ0n) is 8.77. The maximum Gasteiger partial charge on any atom is 0.0554 e. The minimum atomic E-state index is 0.0561. The summed E-state index contributed by atoms with van der Waals surface area (Å²) in [4.78, 5) is 3.14. The zero-order chi connectivity index (χ0) is 10.7. The Bertz CT molecular complexity index is 403. The second-order valence-corrected chi connectivity index (χ2v) is 3.77. The molecule has 0 radical (unpaired) electrons. The normalized spacial score (nSPS) is 12.7. The van der Waals surface area contributed by atoms with Gasteiger partial charge in [0, 0.05) is 17.8 Å². The summed E-state index contributed by atoms with van der Waals surface area (Å²) in [6.07, 6.45) is 1.88. The van der Waals surface area contributed by atoms with Crippen molar-refractivity contribution >= 4 is 0 Å². The van der Waals surface area contributed by atoms with Gasteiger partial charge in [-0.05, 0) is 24.6 Å². The highest BCUT2D eigenvalue weighted by atomic mass is 16.3. The third kappa shape index (κ3) is 2.10. The lowest BCUT2D eigenvalue weighted by Crippen LogP contribution is -2.06. The molecular weight excluding hydrogens is 186 g/mol. The first kappa shape index (κ1) is 9.99. The van der Waals surface area contributed by atoms with Crippen LogP contribution in [0.4, 0.5) is 0 Å². The van der Waals surface area contributed by atoms with Gasteiger partial charge in [0.1, 0.15) is 0 Å². The molecule has 0 spiro atoms. The van der Waals surface area contributed by atoms with E-state index in [0.717, 1.165) is 11.3 Å². The van der Waals surface area contributed by atoms with Crippen LogP contribution in [0, 0.1) is 6.92 Å². The van der Waals surface area contributed by atoms with Crippen LogP contribution in [0.25, 0.3) is 0 Å². The molecule has 1 aromatic heterocycles. The second kappa shape index (κ2) is 4.32. The Hall–Kier alpha value is -1.54. The van der Waals surface area contributed by atoms with Crippen LogP contribution < -0.4 is 0 Å². The van der Waals surface area contributed by atoms with Crippen molar-refractivity contribution < 1.29 is 5.11 Å². The van der Waals surface area contributed by atoms with E-state index in [2.05, 4.69) is 36.2 Å². The highest BCUT2D eigenvalue weighted by Crippen LogP contribution is 2.22. The minimum absolute atomic E-state index is 0.0561. The average Bonchev–Trinajstić information content (AvgIpc) is 2.75. The molecule has 1 atom stereocenters. The highest BCUT2D eigenvalue weighted by Gasteiger charge is 2.12. The SMILES string of the molecule is Cc1ccc(C(CO)c2ccc[nH]2)cc1. The van der Waals surface area contributed by atoms with E-state index in [1.165, 1.54) is 5.56 Å². The van der Waals surface area contributed by atoms with Gasteiger partial charge in [0.2, 0.25) is 0 Å². The maximum absolute atomic E-state index is 9.40. The van der Waals surface area contributed by atoms with Gasteiger partial charge in [0.05, 0.1) is 6.61 Å². The number of aryl methyl sites for hydroxylation is 1. The molecule has 78 valence electrons. The summed E-state index contributed by atoms with van der Waals surface area (Å²) in [6.45, 7) is 2.19. The summed E-state index contributed by atoms with van der Waals surface area (Å²) in [6, 6.07) is 12.2. The molecule has 15 heavy (non-hydrogen) atoms. The molecule has 2 aromatic rings. The lowest BCUT2D eigenvalue weighted by atomic mass is 9.96. The number of hydrogen-bond donors (Lipinski definition) is 2. The van der Waals surface area contributed by atoms with Crippen LogP contribution in [-0.2, 0) is 0 Å². The molecule has 0 amide bonds. The van der Waals surface area contributed by atoms with Crippen molar-refractivity contribution in [3.63, 3.8) is 0 Å². The molecule has 0 saturated carbocycles. The Morgan fingerprint density at radius 2 is 1.93 bits per heavy atom. The first-order valence-electron chi connectivity index (χ1n) is 5.12. The van der Waals surface area contributed by atoms with Gasteiger partial charge in [-0.2, -0.15) is 0 Å². The molecule has 0 bridgehead atoms. The van der Waals surface area contributed by atoms with Gasteiger partial charge < -0.3 is 10.1 Å². The van der Waals surface area contributed by atoms with Gasteiger partial charge in [-0.3, -0.25) is 0 Å². The first-order valence-corrected chi connectivity index (χ1v) is 5.12. The number of benzene rings is 1. The fourth-order valence-electron chi connectivity index (χ4n) is 1.74. The lowest BCUT2D eigenvalue weighted by Gasteiger charge is -2.13. The average molecular weight is 201 g/mol. The van der Waals surface area contributed by atoms with Crippen molar-refractivity contribution in [2.75, 3.05) is 6.61 Å². The van der Waals surface area contributed by atoms with Crippen LogP contribution in [0.1, 0.15) is 22.7 Å². The standard InChI is InChI=1S/C13H15NO/c1-10-4-6-11(7-5-10)12(9-15)13-3-2-8-14-13/h2-8,12,14-15H,9H2,1H3. The largest absolute Gasteiger partial charge is 0.395 e. The topological polar surface area (TPSA) is 36.0 Å². The molecule has 1 unspecified atom stereocenters. The Labute approximate surface area is 89.6 Å². The van der Waals surface area contributed by atoms with Crippen LogP contribution in [0.2, 0.25) is 0 Å². The van der Waals surface area contributed by atoms with Gasteiger partial charge in [-0.1, -0.05) is 29.8 Å². The van der Waals surface area contributed by atoms with Gasteiger partial charge in [-0.15, -0.1) is 0 Å². The van der Waals surface area contributed by atoms with Gasteiger partial charge in [0.15, 0.2) is 0 Å².